The molecule has 0 aromatic heterocycles. The van der Waals surface area contributed by atoms with Crippen LogP contribution in [0, 0.1) is 22.7 Å². The summed E-state index contributed by atoms with van der Waals surface area (Å²) in [6, 6.07) is 12.1. The Labute approximate surface area is 143 Å². The number of methoxy groups -OCH3 is 2. The lowest BCUT2D eigenvalue weighted by Gasteiger charge is -2.17. The number of nitrogen functional groups attached to an aromatic ring is 1. The molecule has 2 rings (SSSR count). The van der Waals surface area contributed by atoms with Crippen LogP contribution in [0.2, 0.25) is 0 Å². The number of hydrogen-bond acceptors (Lipinski definition) is 7. The minimum atomic E-state index is -0.926. The second-order valence-corrected chi connectivity index (χ2v) is 4.86. The highest BCUT2D eigenvalue weighted by atomic mass is 16.5. The Morgan fingerprint density at radius 1 is 0.920 bits per heavy atom. The van der Waals surface area contributed by atoms with Crippen LogP contribution in [0.1, 0.15) is 31.8 Å². The zero-order chi connectivity index (χ0) is 18.6. The van der Waals surface area contributed by atoms with Crippen molar-refractivity contribution < 1.29 is 19.1 Å². The highest BCUT2D eigenvalue weighted by molar-refractivity contribution is 6.12. The molecule has 2 aromatic carbocycles. The van der Waals surface area contributed by atoms with Gasteiger partial charge in [0, 0.05) is 5.56 Å². The molecule has 0 aliphatic carbocycles. The first-order valence-corrected chi connectivity index (χ1v) is 7.03. The van der Waals surface area contributed by atoms with Crippen molar-refractivity contribution in [2.75, 3.05) is 20.0 Å². The molecule has 2 aromatic rings. The molecule has 0 radical (unpaired) electrons. The third-order valence-electron chi connectivity index (χ3n) is 3.60. The minimum Gasteiger partial charge on any atom is -0.465 e. The molecule has 0 heterocycles. The van der Waals surface area contributed by atoms with Crippen LogP contribution in [0.25, 0.3) is 11.1 Å². The van der Waals surface area contributed by atoms with E-state index >= 15 is 0 Å². The number of benzene rings is 2. The molecule has 0 amide bonds. The fraction of sp³-hybridized carbons (Fsp3) is 0.111. The molecule has 2 N–H and O–H groups in total. The summed E-state index contributed by atoms with van der Waals surface area (Å²) in [4.78, 5) is 24.7. The van der Waals surface area contributed by atoms with E-state index in [9.17, 15) is 20.1 Å². The van der Waals surface area contributed by atoms with Gasteiger partial charge in [-0.15, -0.1) is 0 Å². The number of nitrogens with zero attached hydrogens (tertiary/aromatic N) is 2. The van der Waals surface area contributed by atoms with Crippen LogP contribution in [0.4, 0.5) is 5.69 Å². The highest BCUT2D eigenvalue weighted by Crippen LogP contribution is 2.37. The van der Waals surface area contributed by atoms with Gasteiger partial charge in [0.25, 0.3) is 0 Å². The Kier molecular flexibility index (Phi) is 5.01. The zero-order valence-electron chi connectivity index (χ0n) is 13.5. The number of hydrogen-bond donors (Lipinski definition) is 1. The smallest absolute Gasteiger partial charge is 0.340 e. The fourth-order valence-electron chi connectivity index (χ4n) is 2.51. The van der Waals surface area contributed by atoms with Gasteiger partial charge < -0.3 is 15.2 Å². The summed E-state index contributed by atoms with van der Waals surface area (Å²) in [6.45, 7) is 0. The lowest BCUT2D eigenvalue weighted by atomic mass is 9.86. The number of nitriles is 2. The van der Waals surface area contributed by atoms with Crippen LogP contribution in [0.5, 0.6) is 0 Å². The summed E-state index contributed by atoms with van der Waals surface area (Å²) in [5, 5.41) is 18.9. The normalized spacial score (nSPS) is 9.60. The first-order chi connectivity index (χ1) is 12.0. The second kappa shape index (κ2) is 7.16. The molecular weight excluding hydrogens is 322 g/mol. The van der Waals surface area contributed by atoms with E-state index < -0.39 is 11.9 Å². The zero-order valence-corrected chi connectivity index (χ0v) is 13.5. The number of anilines is 1. The van der Waals surface area contributed by atoms with Crippen LogP contribution in [0.3, 0.4) is 0 Å². The van der Waals surface area contributed by atoms with E-state index in [-0.39, 0.29) is 33.5 Å². The van der Waals surface area contributed by atoms with E-state index in [4.69, 9.17) is 15.2 Å². The SMILES string of the molecule is COC(=O)c1c(C#N)c(N)c(C#N)c(-c2ccccc2)c1C(=O)OC. The fourth-order valence-corrected chi connectivity index (χ4v) is 2.51. The van der Waals surface area contributed by atoms with Crippen LogP contribution in [-0.4, -0.2) is 26.2 Å². The number of carbonyl (C=O) groups is 2. The number of ether oxygens (including phenoxy) is 2. The molecule has 25 heavy (non-hydrogen) atoms. The molecule has 124 valence electrons. The third-order valence-corrected chi connectivity index (χ3v) is 3.60. The topological polar surface area (TPSA) is 126 Å². The van der Waals surface area contributed by atoms with Gasteiger partial charge in [-0.3, -0.25) is 0 Å². The first kappa shape index (κ1) is 17.5. The predicted molar refractivity (Wildman–Crippen MR) is 88.4 cm³/mol. The number of esters is 2. The average molecular weight is 335 g/mol. The molecule has 0 fully saturated rings. The molecule has 0 saturated carbocycles. The van der Waals surface area contributed by atoms with Crippen LogP contribution in [0.15, 0.2) is 30.3 Å². The molecule has 0 spiro atoms. The number of rotatable bonds is 3. The summed E-state index contributed by atoms with van der Waals surface area (Å²) in [5.41, 5.74) is 5.38. The maximum atomic E-state index is 12.4. The molecule has 0 aliphatic heterocycles. The molecule has 0 atom stereocenters. The molecule has 0 aliphatic rings. The maximum absolute atomic E-state index is 12.4. The van der Waals surface area contributed by atoms with Crippen molar-refractivity contribution in [2.24, 2.45) is 0 Å². The largest absolute Gasteiger partial charge is 0.465 e. The maximum Gasteiger partial charge on any atom is 0.340 e. The number of nitrogens with two attached hydrogens (primary N) is 1. The van der Waals surface area contributed by atoms with Crippen molar-refractivity contribution in [1.29, 1.82) is 10.5 Å². The van der Waals surface area contributed by atoms with Gasteiger partial charge in [-0.05, 0) is 5.56 Å². The van der Waals surface area contributed by atoms with Gasteiger partial charge in [0.1, 0.15) is 12.1 Å². The lowest BCUT2D eigenvalue weighted by Crippen LogP contribution is -2.18. The van der Waals surface area contributed by atoms with Crippen molar-refractivity contribution in [3.05, 3.63) is 52.6 Å². The Bertz CT molecular complexity index is 938. The van der Waals surface area contributed by atoms with Crippen molar-refractivity contribution in [3.8, 4) is 23.3 Å². The first-order valence-electron chi connectivity index (χ1n) is 7.03. The van der Waals surface area contributed by atoms with E-state index in [1.54, 1.807) is 36.4 Å². The van der Waals surface area contributed by atoms with E-state index in [0.717, 1.165) is 14.2 Å². The van der Waals surface area contributed by atoms with E-state index in [0.29, 0.717) is 5.56 Å². The summed E-state index contributed by atoms with van der Waals surface area (Å²) in [7, 11) is 2.24. The van der Waals surface area contributed by atoms with Gasteiger partial charge >= 0.3 is 11.9 Å². The number of carbonyl (C=O) groups excluding carboxylic acids is 2. The van der Waals surface area contributed by atoms with Crippen molar-refractivity contribution in [2.45, 2.75) is 0 Å². The lowest BCUT2D eigenvalue weighted by molar-refractivity contribution is 0.0555. The minimum absolute atomic E-state index is 0.0872. The average Bonchev–Trinajstić information content (AvgIpc) is 2.66. The molecule has 7 heteroatoms. The quantitative estimate of drug-likeness (QED) is 0.673. The van der Waals surface area contributed by atoms with E-state index in [1.165, 1.54) is 0 Å². The van der Waals surface area contributed by atoms with Crippen LogP contribution >= 0.6 is 0 Å². The Morgan fingerprint density at radius 2 is 1.44 bits per heavy atom. The molecule has 7 nitrogen and oxygen atoms in total. The Morgan fingerprint density at radius 3 is 1.92 bits per heavy atom. The summed E-state index contributed by atoms with van der Waals surface area (Å²) in [5.74, 6) is -1.81. The van der Waals surface area contributed by atoms with Gasteiger partial charge in [-0.25, -0.2) is 9.59 Å². The van der Waals surface area contributed by atoms with Crippen LogP contribution in [-0.2, 0) is 9.47 Å². The Balaban J connectivity index is 3.13. The van der Waals surface area contributed by atoms with E-state index in [2.05, 4.69) is 0 Å². The predicted octanol–water partition coefficient (Wildman–Crippen LogP) is 2.25. The summed E-state index contributed by atoms with van der Waals surface area (Å²) in [6.07, 6.45) is 0. The van der Waals surface area contributed by atoms with Gasteiger partial charge in [0.2, 0.25) is 0 Å². The van der Waals surface area contributed by atoms with Gasteiger partial charge in [0.15, 0.2) is 0 Å². The van der Waals surface area contributed by atoms with Gasteiger partial charge in [-0.1, -0.05) is 30.3 Å². The molecule has 0 bridgehead atoms. The van der Waals surface area contributed by atoms with Gasteiger partial charge in [0.05, 0.1) is 42.2 Å². The van der Waals surface area contributed by atoms with Gasteiger partial charge in [-0.2, -0.15) is 10.5 Å². The standard InChI is InChI=1S/C18H13N3O4/c1-24-17(22)14-12(9-20)16(21)11(8-19)13(15(14)18(23)25-2)10-6-4-3-5-7-10/h3-7H,21H2,1-2H3. The highest BCUT2D eigenvalue weighted by Gasteiger charge is 2.32. The third kappa shape index (κ3) is 2.87. The second-order valence-electron chi connectivity index (χ2n) is 4.86. The van der Waals surface area contributed by atoms with Crippen molar-refractivity contribution in [1.82, 2.24) is 0 Å². The molecular formula is C18H13N3O4. The Hall–Kier alpha value is -3.84. The van der Waals surface area contributed by atoms with Crippen molar-refractivity contribution in [3.63, 3.8) is 0 Å². The molecule has 0 unspecified atom stereocenters. The van der Waals surface area contributed by atoms with E-state index in [1.807, 2.05) is 6.07 Å². The van der Waals surface area contributed by atoms with Crippen molar-refractivity contribution >= 4 is 17.6 Å². The molecule has 0 saturated heterocycles. The summed E-state index contributed by atoms with van der Waals surface area (Å²) >= 11 is 0. The van der Waals surface area contributed by atoms with Crippen LogP contribution < -0.4 is 5.73 Å². The summed E-state index contributed by atoms with van der Waals surface area (Å²) < 4.78 is 9.46. The monoisotopic (exact) mass is 335 g/mol.